The van der Waals surface area contributed by atoms with Crippen LogP contribution in [0.25, 0.3) is 0 Å². The molecule has 1 aliphatic rings. The number of halogens is 2. The van der Waals surface area contributed by atoms with E-state index in [1.54, 1.807) is 0 Å². The van der Waals surface area contributed by atoms with Crippen LogP contribution in [0.5, 0.6) is 0 Å². The molecular weight excluding hydrogens is 306 g/mol. The Morgan fingerprint density at radius 3 is 2.00 bits per heavy atom. The van der Waals surface area contributed by atoms with Gasteiger partial charge < -0.3 is 0 Å². The molecule has 3 heteroatoms. The van der Waals surface area contributed by atoms with Crippen LogP contribution in [0.4, 0.5) is 0 Å². The number of rotatable bonds is 0. The van der Waals surface area contributed by atoms with Crippen LogP contribution < -0.4 is 43.2 Å². The quantitative estimate of drug-likeness (QED) is 0.320. The monoisotopic (exact) mass is 312 g/mol. The van der Waals surface area contributed by atoms with Crippen molar-refractivity contribution < 1.29 is 44.6 Å². The zero-order valence-electron chi connectivity index (χ0n) is 3.29. The average molecular weight is 312 g/mol. The van der Waals surface area contributed by atoms with E-state index in [2.05, 4.69) is 0 Å². The molecule has 1 rings (SSSR count). The summed E-state index contributed by atoms with van der Waals surface area (Å²) in [4.78, 5) is 0. The molecule has 0 amide bonds. The van der Waals surface area contributed by atoms with Gasteiger partial charge in [0.15, 0.2) is 0 Å². The van der Waals surface area contributed by atoms with E-state index in [4.69, 9.17) is 1.40 Å². The summed E-state index contributed by atoms with van der Waals surface area (Å²) in [6.45, 7) is 0. The first-order chi connectivity index (χ1) is 3.00. The first-order valence-electron chi connectivity index (χ1n) is 1.84. The Labute approximate surface area is 59.5 Å². The molecule has 0 aromatic rings. The molecule has 0 saturated carbocycles. The molecule has 0 spiro atoms. The van der Waals surface area contributed by atoms with Crippen molar-refractivity contribution in [1.82, 2.24) is 0 Å². The molecule has 1 aliphatic heterocycles. The minimum atomic E-state index is 0.264. The van der Waals surface area contributed by atoms with Gasteiger partial charge in [0, 0.05) is 0 Å². The summed E-state index contributed by atoms with van der Waals surface area (Å²) < 4.78 is 8.12. The fraction of sp³-hybridized carbons (Fsp3) is 1.00. The second-order valence-corrected chi connectivity index (χ2v) is 6.98. The Bertz CT molecular complexity index is 24.3. The van der Waals surface area contributed by atoms with Crippen LogP contribution in [0, 0.1) is 0 Å². The molecule has 1 saturated heterocycles. The Morgan fingerprint density at radius 1 is 1.17 bits per heavy atom. The average Bonchev–Trinajstić information content (AvgIpc) is 1.72. The first kappa shape index (κ1) is 5.55. The summed E-state index contributed by atoms with van der Waals surface area (Å²) in [5.41, 5.74) is 0. The van der Waals surface area contributed by atoms with Gasteiger partial charge in [0.25, 0.3) is 0 Å². The number of hydrogen-bond donors (Lipinski definition) is 0. The topological polar surface area (TPSA) is 9.23 Å². The van der Waals surface area contributed by atoms with Gasteiger partial charge in [-0.1, -0.05) is 0 Å². The van der Waals surface area contributed by atoms with E-state index in [0.717, 1.165) is 0 Å². The van der Waals surface area contributed by atoms with Crippen molar-refractivity contribution in [1.29, 1.82) is 0 Å². The molecule has 1 fully saturated rings. The van der Waals surface area contributed by atoms with Crippen LogP contribution in [0.1, 0.15) is 6.42 Å². The van der Waals surface area contributed by atoms with Gasteiger partial charge in [0.05, 0.1) is 0 Å². The van der Waals surface area contributed by atoms with Crippen LogP contribution >= 0.6 is 0 Å². The minimum absolute atomic E-state index is 0.264. The Hall–Kier alpha value is 1.42. The van der Waals surface area contributed by atoms with Crippen molar-refractivity contribution >= 4 is 0 Å². The van der Waals surface area contributed by atoms with Crippen molar-refractivity contribution in [2.24, 2.45) is 0 Å². The standard InChI is InChI=1S/C3H6I2O/c1-2-4-6-5-3-1/h1-3H2/q-2. The van der Waals surface area contributed by atoms with Crippen molar-refractivity contribution in [2.45, 2.75) is 6.42 Å². The van der Waals surface area contributed by atoms with Crippen molar-refractivity contribution in [3.05, 3.63) is 0 Å². The summed E-state index contributed by atoms with van der Waals surface area (Å²) in [7, 11) is 0. The number of alkyl halides is 2. The van der Waals surface area contributed by atoms with Gasteiger partial charge in [0.2, 0.25) is 0 Å². The summed E-state index contributed by atoms with van der Waals surface area (Å²) in [6.07, 6.45) is 1.47. The fourth-order valence-corrected chi connectivity index (χ4v) is 6.94. The van der Waals surface area contributed by atoms with Crippen LogP contribution in [-0.2, 0) is 1.40 Å². The van der Waals surface area contributed by atoms with E-state index in [-0.39, 0.29) is 43.2 Å². The third-order valence-corrected chi connectivity index (χ3v) is 6.54. The van der Waals surface area contributed by atoms with E-state index in [0.29, 0.717) is 0 Å². The maximum absolute atomic E-state index is 5.29. The van der Waals surface area contributed by atoms with Gasteiger partial charge >= 0.3 is 59.9 Å². The zero-order chi connectivity index (χ0) is 4.24. The van der Waals surface area contributed by atoms with Crippen LogP contribution in [0.3, 0.4) is 0 Å². The molecule has 1 heterocycles. The predicted molar refractivity (Wildman–Crippen MR) is 15.4 cm³/mol. The molecule has 0 unspecified atom stereocenters. The van der Waals surface area contributed by atoms with Gasteiger partial charge in [-0.15, -0.1) is 0 Å². The van der Waals surface area contributed by atoms with Crippen LogP contribution in [0.2, 0.25) is 0 Å². The second kappa shape index (κ2) is 3.43. The van der Waals surface area contributed by atoms with Crippen molar-refractivity contribution in [2.75, 3.05) is 8.86 Å². The van der Waals surface area contributed by atoms with E-state index < -0.39 is 0 Å². The van der Waals surface area contributed by atoms with Crippen LogP contribution in [0.15, 0.2) is 0 Å². The molecule has 6 heavy (non-hydrogen) atoms. The zero-order valence-corrected chi connectivity index (χ0v) is 7.60. The SMILES string of the molecule is C1C[I-]O[I-]C1. The number of hydrogen-bond acceptors (Lipinski definition) is 1. The molecule has 0 aromatic carbocycles. The van der Waals surface area contributed by atoms with Gasteiger partial charge in [-0.25, -0.2) is 0 Å². The molecule has 0 N–H and O–H groups in total. The predicted octanol–water partition coefficient (Wildman–Crippen LogP) is -5.59. The second-order valence-electron chi connectivity index (χ2n) is 1.01. The summed E-state index contributed by atoms with van der Waals surface area (Å²) in [5.74, 6) is 0. The first-order valence-corrected chi connectivity index (χ1v) is 6.66. The third kappa shape index (κ3) is 1.92. The Morgan fingerprint density at radius 2 is 1.83 bits per heavy atom. The van der Waals surface area contributed by atoms with Crippen molar-refractivity contribution in [3.8, 4) is 0 Å². The van der Waals surface area contributed by atoms with Crippen LogP contribution in [-0.4, -0.2) is 8.86 Å². The molecule has 0 radical (unpaired) electrons. The van der Waals surface area contributed by atoms with E-state index in [1.807, 2.05) is 0 Å². The van der Waals surface area contributed by atoms with Crippen molar-refractivity contribution in [3.63, 3.8) is 0 Å². The fourth-order valence-electron chi connectivity index (χ4n) is 0.247. The summed E-state index contributed by atoms with van der Waals surface area (Å²) in [6, 6.07) is 0. The molecule has 0 aromatic heterocycles. The molecule has 0 atom stereocenters. The molecular formula is C3H6I2O-2. The van der Waals surface area contributed by atoms with E-state index in [1.165, 1.54) is 15.3 Å². The normalized spacial score (nSPS) is 26.7. The molecule has 1 nitrogen and oxygen atoms in total. The van der Waals surface area contributed by atoms with Gasteiger partial charge in [-0.05, 0) is 0 Å². The summed E-state index contributed by atoms with van der Waals surface area (Å²) in [5, 5.41) is 0. The Kier molecular flexibility index (Phi) is 3.17. The van der Waals surface area contributed by atoms with Gasteiger partial charge in [-0.3, -0.25) is 0 Å². The summed E-state index contributed by atoms with van der Waals surface area (Å²) >= 11 is 0.527. The third-order valence-electron chi connectivity index (χ3n) is 0.504. The van der Waals surface area contributed by atoms with E-state index >= 15 is 0 Å². The Balaban J connectivity index is 2.00. The maximum atomic E-state index is 5.29. The molecule has 0 aliphatic carbocycles. The van der Waals surface area contributed by atoms with Gasteiger partial charge in [-0.2, -0.15) is 0 Å². The van der Waals surface area contributed by atoms with Gasteiger partial charge in [0.1, 0.15) is 0 Å². The van der Waals surface area contributed by atoms with E-state index in [9.17, 15) is 0 Å². The molecule has 40 valence electrons. The molecule has 0 bridgehead atoms.